The lowest BCUT2D eigenvalue weighted by atomic mass is 10.1. The van der Waals surface area contributed by atoms with E-state index in [1.807, 2.05) is 36.4 Å². The van der Waals surface area contributed by atoms with Crippen LogP contribution >= 0.6 is 15.9 Å². The van der Waals surface area contributed by atoms with Crippen LogP contribution in [0.2, 0.25) is 0 Å². The summed E-state index contributed by atoms with van der Waals surface area (Å²) in [6.07, 6.45) is 4.01. The van der Waals surface area contributed by atoms with Crippen LogP contribution in [0.1, 0.15) is 22.9 Å². The third-order valence-electron chi connectivity index (χ3n) is 3.07. The van der Waals surface area contributed by atoms with Gasteiger partial charge in [-0.05, 0) is 29.8 Å². The van der Waals surface area contributed by atoms with Gasteiger partial charge in [0, 0.05) is 16.1 Å². The minimum Gasteiger partial charge on any atom is -0.507 e. The Kier molecular flexibility index (Phi) is 4.34. The number of para-hydroxylation sites is 1. The van der Waals surface area contributed by atoms with Crippen molar-refractivity contribution in [2.45, 2.75) is 6.42 Å². The van der Waals surface area contributed by atoms with E-state index in [2.05, 4.69) is 26.1 Å². The molecular weight excluding hydrogens is 344 g/mol. The van der Waals surface area contributed by atoms with E-state index in [4.69, 9.17) is 4.42 Å². The SMILES string of the molecule is Oc1ccccc1/C=C/c1nnc(Cc2cccc(Br)c2)o1. The predicted molar refractivity (Wildman–Crippen MR) is 88.3 cm³/mol. The van der Waals surface area contributed by atoms with Gasteiger partial charge in [-0.3, -0.25) is 0 Å². The van der Waals surface area contributed by atoms with Gasteiger partial charge < -0.3 is 9.52 Å². The number of phenolic OH excluding ortho intramolecular Hbond substituents is 1. The molecule has 110 valence electrons. The van der Waals surface area contributed by atoms with E-state index < -0.39 is 0 Å². The molecule has 0 bridgehead atoms. The van der Waals surface area contributed by atoms with Gasteiger partial charge in [0.2, 0.25) is 11.8 Å². The highest BCUT2D eigenvalue weighted by atomic mass is 79.9. The van der Waals surface area contributed by atoms with Gasteiger partial charge in [-0.15, -0.1) is 10.2 Å². The van der Waals surface area contributed by atoms with E-state index >= 15 is 0 Å². The lowest BCUT2D eigenvalue weighted by Gasteiger charge is -1.97. The Balaban J connectivity index is 1.73. The van der Waals surface area contributed by atoms with Gasteiger partial charge in [0.25, 0.3) is 0 Å². The summed E-state index contributed by atoms with van der Waals surface area (Å²) >= 11 is 3.44. The molecule has 0 saturated heterocycles. The zero-order valence-corrected chi connectivity index (χ0v) is 13.2. The summed E-state index contributed by atoms with van der Waals surface area (Å²) in [5.74, 6) is 1.18. The zero-order valence-electron chi connectivity index (χ0n) is 11.6. The molecule has 0 aliphatic carbocycles. The highest BCUT2D eigenvalue weighted by Crippen LogP contribution is 2.19. The normalized spacial score (nSPS) is 11.1. The molecule has 1 heterocycles. The average Bonchev–Trinajstić information content (AvgIpc) is 2.94. The second-order valence-corrected chi connectivity index (χ2v) is 5.65. The summed E-state index contributed by atoms with van der Waals surface area (Å²) in [5, 5.41) is 17.7. The minimum atomic E-state index is 0.215. The van der Waals surface area contributed by atoms with Gasteiger partial charge in [-0.2, -0.15) is 0 Å². The van der Waals surface area contributed by atoms with Crippen LogP contribution in [0, 0.1) is 0 Å². The molecule has 0 atom stereocenters. The summed E-state index contributed by atoms with van der Waals surface area (Å²) < 4.78 is 6.60. The van der Waals surface area contributed by atoms with E-state index in [0.717, 1.165) is 10.0 Å². The van der Waals surface area contributed by atoms with E-state index in [0.29, 0.717) is 23.8 Å². The monoisotopic (exact) mass is 356 g/mol. The van der Waals surface area contributed by atoms with Crippen LogP contribution in [0.25, 0.3) is 12.2 Å². The summed E-state index contributed by atoms with van der Waals surface area (Å²) in [5.41, 5.74) is 1.79. The van der Waals surface area contributed by atoms with Crippen molar-refractivity contribution in [1.29, 1.82) is 0 Å². The van der Waals surface area contributed by atoms with Crippen LogP contribution in [0.4, 0.5) is 0 Å². The molecule has 0 aliphatic rings. The summed E-state index contributed by atoms with van der Waals surface area (Å²) in [6.45, 7) is 0. The molecule has 0 aliphatic heterocycles. The van der Waals surface area contributed by atoms with Crippen molar-refractivity contribution in [3.8, 4) is 5.75 Å². The maximum atomic E-state index is 9.69. The second kappa shape index (κ2) is 6.58. The van der Waals surface area contributed by atoms with Crippen molar-refractivity contribution in [2.24, 2.45) is 0 Å². The Morgan fingerprint density at radius 1 is 1.05 bits per heavy atom. The lowest BCUT2D eigenvalue weighted by Crippen LogP contribution is -1.87. The number of hydrogen-bond donors (Lipinski definition) is 1. The Hall–Kier alpha value is -2.40. The number of hydrogen-bond acceptors (Lipinski definition) is 4. The fourth-order valence-electron chi connectivity index (χ4n) is 2.02. The van der Waals surface area contributed by atoms with Gasteiger partial charge >= 0.3 is 0 Å². The smallest absolute Gasteiger partial charge is 0.240 e. The molecule has 0 spiro atoms. The van der Waals surface area contributed by atoms with Crippen LogP contribution in [0.3, 0.4) is 0 Å². The second-order valence-electron chi connectivity index (χ2n) is 4.73. The van der Waals surface area contributed by atoms with Crippen LogP contribution in [0.5, 0.6) is 5.75 Å². The van der Waals surface area contributed by atoms with Gasteiger partial charge in [0.05, 0.1) is 6.42 Å². The molecule has 22 heavy (non-hydrogen) atoms. The van der Waals surface area contributed by atoms with E-state index in [1.165, 1.54) is 0 Å². The first kappa shape index (κ1) is 14.5. The van der Waals surface area contributed by atoms with Gasteiger partial charge in [0.15, 0.2) is 0 Å². The topological polar surface area (TPSA) is 59.2 Å². The maximum Gasteiger partial charge on any atom is 0.240 e. The van der Waals surface area contributed by atoms with E-state index in [-0.39, 0.29) is 5.75 Å². The first-order valence-electron chi connectivity index (χ1n) is 6.73. The molecule has 4 nitrogen and oxygen atoms in total. The van der Waals surface area contributed by atoms with Crippen molar-refractivity contribution in [3.63, 3.8) is 0 Å². The summed E-state index contributed by atoms with van der Waals surface area (Å²) in [4.78, 5) is 0. The van der Waals surface area contributed by atoms with Crippen molar-refractivity contribution in [3.05, 3.63) is 75.9 Å². The van der Waals surface area contributed by atoms with Gasteiger partial charge in [0.1, 0.15) is 5.75 Å². The first-order valence-corrected chi connectivity index (χ1v) is 7.53. The molecule has 0 unspecified atom stereocenters. The van der Waals surface area contributed by atoms with E-state index in [1.54, 1.807) is 24.3 Å². The van der Waals surface area contributed by atoms with Crippen LogP contribution in [-0.2, 0) is 6.42 Å². The van der Waals surface area contributed by atoms with Crippen molar-refractivity contribution in [2.75, 3.05) is 0 Å². The zero-order chi connectivity index (χ0) is 15.4. The Morgan fingerprint density at radius 2 is 1.91 bits per heavy atom. The van der Waals surface area contributed by atoms with Crippen LogP contribution in [0.15, 0.2) is 57.4 Å². The number of nitrogens with zero attached hydrogens (tertiary/aromatic N) is 2. The fraction of sp³-hybridized carbons (Fsp3) is 0.0588. The predicted octanol–water partition coefficient (Wildman–Crippen LogP) is 4.30. The Morgan fingerprint density at radius 3 is 2.73 bits per heavy atom. The number of aromatic nitrogens is 2. The fourth-order valence-corrected chi connectivity index (χ4v) is 2.46. The Labute approximate surface area is 136 Å². The minimum absolute atomic E-state index is 0.215. The van der Waals surface area contributed by atoms with Crippen molar-refractivity contribution in [1.82, 2.24) is 10.2 Å². The quantitative estimate of drug-likeness (QED) is 0.756. The summed E-state index contributed by atoms with van der Waals surface area (Å²) in [7, 11) is 0. The average molecular weight is 357 g/mol. The van der Waals surface area contributed by atoms with Crippen molar-refractivity contribution < 1.29 is 9.52 Å². The number of phenols is 1. The van der Waals surface area contributed by atoms with Crippen molar-refractivity contribution >= 4 is 28.1 Å². The highest BCUT2D eigenvalue weighted by molar-refractivity contribution is 9.10. The molecular formula is C17H13BrN2O2. The molecule has 1 N–H and O–H groups in total. The highest BCUT2D eigenvalue weighted by Gasteiger charge is 2.05. The molecule has 0 amide bonds. The number of rotatable bonds is 4. The third-order valence-corrected chi connectivity index (χ3v) is 3.56. The molecule has 0 saturated carbocycles. The summed E-state index contributed by atoms with van der Waals surface area (Å²) in [6, 6.07) is 15.0. The number of halogens is 1. The van der Waals surface area contributed by atoms with E-state index in [9.17, 15) is 5.11 Å². The molecule has 2 aromatic carbocycles. The first-order chi connectivity index (χ1) is 10.7. The molecule has 5 heteroatoms. The molecule has 1 aromatic heterocycles. The van der Waals surface area contributed by atoms with Crippen LogP contribution < -0.4 is 0 Å². The Bertz CT molecular complexity index is 812. The lowest BCUT2D eigenvalue weighted by molar-refractivity contribution is 0.474. The van der Waals surface area contributed by atoms with Crippen LogP contribution in [-0.4, -0.2) is 15.3 Å². The third kappa shape index (κ3) is 3.62. The molecule has 0 radical (unpaired) electrons. The molecule has 3 aromatic rings. The standard InChI is InChI=1S/C17H13BrN2O2/c18-14-6-3-4-12(10-14)11-17-20-19-16(22-17)9-8-13-5-1-2-7-15(13)21/h1-10,21H,11H2/b9-8+. The maximum absolute atomic E-state index is 9.69. The molecule has 3 rings (SSSR count). The molecule has 0 fully saturated rings. The largest absolute Gasteiger partial charge is 0.507 e. The number of aromatic hydroxyl groups is 1. The van der Waals surface area contributed by atoms with Gasteiger partial charge in [-0.25, -0.2) is 0 Å². The van der Waals surface area contributed by atoms with Gasteiger partial charge in [-0.1, -0.05) is 46.3 Å². The number of benzene rings is 2.